The van der Waals surface area contributed by atoms with Gasteiger partial charge < -0.3 is 9.47 Å². The molecule has 0 saturated heterocycles. The third-order valence-electron chi connectivity index (χ3n) is 2.52. The summed E-state index contributed by atoms with van der Waals surface area (Å²) < 4.78 is 24.9. The van der Waals surface area contributed by atoms with Crippen LogP contribution >= 0.6 is 15.9 Å². The van der Waals surface area contributed by atoms with Crippen molar-refractivity contribution >= 4 is 15.9 Å². The molecule has 0 aliphatic carbocycles. The second kappa shape index (κ2) is 7.80. The van der Waals surface area contributed by atoms with E-state index in [0.717, 1.165) is 23.7 Å². The maximum atomic E-state index is 13.8. The van der Waals surface area contributed by atoms with Crippen LogP contribution < -0.4 is 0 Å². The second-order valence-electron chi connectivity index (χ2n) is 3.87. The lowest BCUT2D eigenvalue weighted by Crippen LogP contribution is -2.08. The number of rotatable bonds is 7. The van der Waals surface area contributed by atoms with Crippen molar-refractivity contribution < 1.29 is 13.9 Å². The molecule has 0 N–H and O–H groups in total. The Kier molecular flexibility index (Phi) is 6.70. The van der Waals surface area contributed by atoms with Crippen LogP contribution in [0.2, 0.25) is 0 Å². The van der Waals surface area contributed by atoms with E-state index in [1.807, 2.05) is 6.07 Å². The lowest BCUT2D eigenvalue weighted by molar-refractivity contribution is -0.0773. The van der Waals surface area contributed by atoms with Crippen LogP contribution in [0, 0.1) is 5.82 Å². The molecule has 1 rings (SSSR count). The molecule has 0 spiro atoms. The Labute approximate surface area is 110 Å². The van der Waals surface area contributed by atoms with E-state index in [0.29, 0.717) is 5.56 Å². The predicted octanol–water partition coefficient (Wildman–Crippen LogP) is 4.44. The van der Waals surface area contributed by atoms with E-state index in [-0.39, 0.29) is 18.7 Å². The van der Waals surface area contributed by atoms with Gasteiger partial charge in [0.25, 0.3) is 0 Å². The van der Waals surface area contributed by atoms with Crippen LogP contribution in [0.3, 0.4) is 0 Å². The van der Waals surface area contributed by atoms with Crippen LogP contribution in [0.15, 0.2) is 22.7 Å². The number of hydrogen-bond donors (Lipinski definition) is 0. The molecule has 0 heterocycles. The van der Waals surface area contributed by atoms with E-state index in [1.54, 1.807) is 13.2 Å². The molecule has 4 heteroatoms. The normalized spacial score (nSPS) is 12.7. The third-order valence-corrected chi connectivity index (χ3v) is 3.01. The fourth-order valence-electron chi connectivity index (χ4n) is 1.63. The molecule has 0 radical (unpaired) electrons. The first-order chi connectivity index (χ1) is 8.19. The van der Waals surface area contributed by atoms with Crippen molar-refractivity contribution in [3.8, 4) is 0 Å². The molecule has 2 nitrogen and oxygen atoms in total. The average molecular weight is 305 g/mol. The molecular weight excluding hydrogens is 287 g/mol. The molecule has 0 fully saturated rings. The molecule has 1 atom stereocenters. The molecule has 1 unspecified atom stereocenters. The lowest BCUT2D eigenvalue weighted by atomic mass is 10.0. The summed E-state index contributed by atoms with van der Waals surface area (Å²) in [4.78, 5) is 0. The number of ether oxygens (including phenoxy) is 2. The topological polar surface area (TPSA) is 18.5 Å². The number of hydrogen-bond acceptors (Lipinski definition) is 2. The summed E-state index contributed by atoms with van der Waals surface area (Å²) in [6.45, 7) is 2.29. The first-order valence-electron chi connectivity index (χ1n) is 5.74. The summed E-state index contributed by atoms with van der Waals surface area (Å²) in [7, 11) is 1.56. The van der Waals surface area contributed by atoms with Gasteiger partial charge in [-0.05, 0) is 18.6 Å². The predicted molar refractivity (Wildman–Crippen MR) is 69.3 cm³/mol. The number of unbranched alkanes of at least 4 members (excludes halogenated alkanes) is 1. The van der Waals surface area contributed by atoms with Gasteiger partial charge in [-0.2, -0.15) is 0 Å². The first-order valence-corrected chi connectivity index (χ1v) is 6.53. The highest BCUT2D eigenvalue weighted by molar-refractivity contribution is 9.10. The average Bonchev–Trinajstić information content (AvgIpc) is 2.30. The molecule has 96 valence electrons. The highest BCUT2D eigenvalue weighted by atomic mass is 79.9. The van der Waals surface area contributed by atoms with Crippen LogP contribution in [0.25, 0.3) is 0 Å². The highest BCUT2D eigenvalue weighted by Gasteiger charge is 2.16. The number of benzene rings is 1. The van der Waals surface area contributed by atoms with E-state index in [2.05, 4.69) is 22.9 Å². The van der Waals surface area contributed by atoms with Gasteiger partial charge in [0.05, 0.1) is 6.10 Å². The van der Waals surface area contributed by atoms with Gasteiger partial charge >= 0.3 is 0 Å². The highest BCUT2D eigenvalue weighted by Crippen LogP contribution is 2.27. The smallest absolute Gasteiger partial charge is 0.147 e. The van der Waals surface area contributed by atoms with Gasteiger partial charge in [0.1, 0.15) is 12.6 Å². The fourth-order valence-corrected chi connectivity index (χ4v) is 1.96. The molecule has 1 aromatic rings. The standard InChI is InChI=1S/C13H18BrFO2/c1-3-4-5-13(17-9-16-2)11-7-6-10(14)8-12(11)15/h6-8,13H,3-5,9H2,1-2H3. The van der Waals surface area contributed by atoms with Crippen molar-refractivity contribution in [1.82, 2.24) is 0 Å². The van der Waals surface area contributed by atoms with Crippen LogP contribution in [0.4, 0.5) is 4.39 Å². The molecule has 0 bridgehead atoms. The van der Waals surface area contributed by atoms with Gasteiger partial charge in [0.15, 0.2) is 0 Å². The Morgan fingerprint density at radius 3 is 2.76 bits per heavy atom. The van der Waals surface area contributed by atoms with Gasteiger partial charge in [0, 0.05) is 17.1 Å². The van der Waals surface area contributed by atoms with Gasteiger partial charge in [-0.1, -0.05) is 41.8 Å². The maximum absolute atomic E-state index is 13.8. The monoisotopic (exact) mass is 304 g/mol. The summed E-state index contributed by atoms with van der Waals surface area (Å²) in [5, 5.41) is 0. The summed E-state index contributed by atoms with van der Waals surface area (Å²) in [5.41, 5.74) is 0.596. The Hall–Kier alpha value is -0.450. The van der Waals surface area contributed by atoms with Crippen molar-refractivity contribution in [3.63, 3.8) is 0 Å². The second-order valence-corrected chi connectivity index (χ2v) is 4.79. The molecule has 1 aromatic carbocycles. The zero-order valence-electron chi connectivity index (χ0n) is 10.2. The van der Waals surface area contributed by atoms with Gasteiger partial charge in [-0.15, -0.1) is 0 Å². The Morgan fingerprint density at radius 2 is 2.18 bits per heavy atom. The number of methoxy groups -OCH3 is 1. The minimum atomic E-state index is -0.239. The van der Waals surface area contributed by atoms with Crippen LogP contribution in [-0.2, 0) is 9.47 Å². The Balaban J connectivity index is 2.79. The zero-order valence-corrected chi connectivity index (χ0v) is 11.8. The van der Waals surface area contributed by atoms with E-state index in [4.69, 9.17) is 9.47 Å². The Bertz CT molecular complexity index is 336. The van der Waals surface area contributed by atoms with E-state index >= 15 is 0 Å². The molecule has 0 aliphatic rings. The minimum absolute atomic E-state index is 0.184. The Morgan fingerprint density at radius 1 is 1.41 bits per heavy atom. The van der Waals surface area contributed by atoms with Gasteiger partial charge in [0.2, 0.25) is 0 Å². The van der Waals surface area contributed by atoms with Gasteiger partial charge in [-0.3, -0.25) is 0 Å². The van der Waals surface area contributed by atoms with E-state index in [1.165, 1.54) is 6.07 Å². The molecule has 17 heavy (non-hydrogen) atoms. The van der Waals surface area contributed by atoms with E-state index in [9.17, 15) is 4.39 Å². The minimum Gasteiger partial charge on any atom is -0.359 e. The van der Waals surface area contributed by atoms with Crippen molar-refractivity contribution in [2.45, 2.75) is 32.3 Å². The quantitative estimate of drug-likeness (QED) is 0.693. The molecule has 0 aromatic heterocycles. The molecular formula is C13H18BrFO2. The molecule has 0 saturated carbocycles. The van der Waals surface area contributed by atoms with Gasteiger partial charge in [-0.25, -0.2) is 4.39 Å². The number of halogens is 2. The van der Waals surface area contributed by atoms with Crippen LogP contribution in [0.5, 0.6) is 0 Å². The first kappa shape index (κ1) is 14.6. The summed E-state index contributed by atoms with van der Waals surface area (Å²) in [5.74, 6) is -0.239. The van der Waals surface area contributed by atoms with Crippen molar-refractivity contribution in [2.24, 2.45) is 0 Å². The molecule has 0 amide bonds. The summed E-state index contributed by atoms with van der Waals surface area (Å²) in [6, 6.07) is 5.05. The lowest BCUT2D eigenvalue weighted by Gasteiger charge is -2.18. The van der Waals surface area contributed by atoms with Crippen LogP contribution in [0.1, 0.15) is 37.9 Å². The van der Waals surface area contributed by atoms with Crippen molar-refractivity contribution in [3.05, 3.63) is 34.1 Å². The van der Waals surface area contributed by atoms with Crippen molar-refractivity contribution in [1.29, 1.82) is 0 Å². The van der Waals surface area contributed by atoms with Crippen LogP contribution in [-0.4, -0.2) is 13.9 Å². The third kappa shape index (κ3) is 4.74. The zero-order chi connectivity index (χ0) is 12.7. The fraction of sp³-hybridized carbons (Fsp3) is 0.538. The summed E-state index contributed by atoms with van der Waals surface area (Å²) in [6.07, 6.45) is 2.64. The van der Waals surface area contributed by atoms with Crippen molar-refractivity contribution in [2.75, 3.05) is 13.9 Å². The van der Waals surface area contributed by atoms with E-state index < -0.39 is 0 Å². The maximum Gasteiger partial charge on any atom is 0.147 e. The molecule has 0 aliphatic heterocycles. The largest absolute Gasteiger partial charge is 0.359 e. The summed E-state index contributed by atoms with van der Waals surface area (Å²) >= 11 is 3.25. The SMILES string of the molecule is CCCCC(OCOC)c1ccc(Br)cc1F.